The monoisotopic (exact) mass is 321 g/mol. The summed E-state index contributed by atoms with van der Waals surface area (Å²) < 4.78 is 0. The number of hydrogen-bond donors (Lipinski definition) is 2. The van der Waals surface area contributed by atoms with Crippen molar-refractivity contribution in [3.05, 3.63) is 30.3 Å². The van der Waals surface area contributed by atoms with E-state index in [0.717, 1.165) is 31.8 Å². The second-order valence-corrected chi connectivity index (χ2v) is 7.62. The average Bonchev–Trinajstić information content (AvgIpc) is 2.42. The second-order valence-electron chi connectivity index (χ2n) is 6.52. The minimum Gasteiger partial charge on any atom is -0.465 e. The molecule has 1 spiro atoms. The maximum atomic E-state index is 10.8. The summed E-state index contributed by atoms with van der Waals surface area (Å²) >= 11 is 1.81. The highest BCUT2D eigenvalue weighted by Crippen LogP contribution is 2.39. The van der Waals surface area contributed by atoms with E-state index in [-0.39, 0.29) is 11.5 Å². The highest BCUT2D eigenvalue weighted by molar-refractivity contribution is 7.99. The zero-order chi connectivity index (χ0) is 15.6. The predicted octanol–water partition coefficient (Wildman–Crippen LogP) is 1.79. The summed E-state index contributed by atoms with van der Waals surface area (Å²) in [6.45, 7) is 4.47. The fourth-order valence-electron chi connectivity index (χ4n) is 3.31. The maximum Gasteiger partial charge on any atom is 0.407 e. The van der Waals surface area contributed by atoms with E-state index in [9.17, 15) is 4.79 Å². The van der Waals surface area contributed by atoms with Gasteiger partial charge < -0.3 is 20.6 Å². The minimum absolute atomic E-state index is 0.207. The summed E-state index contributed by atoms with van der Waals surface area (Å²) in [5.74, 6) is 0.940. The third-order valence-electron chi connectivity index (χ3n) is 4.46. The van der Waals surface area contributed by atoms with E-state index in [1.807, 2.05) is 30.0 Å². The Balaban J connectivity index is 1.29. The molecule has 2 aliphatic heterocycles. The number of nitrogens with two attached hydrogens (primary N) is 1. The summed E-state index contributed by atoms with van der Waals surface area (Å²) in [7, 11) is 0. The Morgan fingerprint density at radius 1 is 1.27 bits per heavy atom. The molecule has 6 heteroatoms. The number of carbonyl (C=O) groups is 1. The number of amides is 1. The molecule has 2 aliphatic rings. The number of carboxylic acid groups (broad SMARTS) is 1. The summed E-state index contributed by atoms with van der Waals surface area (Å²) in [5, 5.41) is 8.87. The Morgan fingerprint density at radius 2 is 1.95 bits per heavy atom. The zero-order valence-corrected chi connectivity index (χ0v) is 13.5. The van der Waals surface area contributed by atoms with Crippen LogP contribution < -0.4 is 5.73 Å². The molecule has 1 amide bonds. The lowest BCUT2D eigenvalue weighted by atomic mass is 9.73. The molecule has 22 heavy (non-hydrogen) atoms. The lowest BCUT2D eigenvalue weighted by molar-refractivity contribution is -0.102. The first-order valence-electron chi connectivity index (χ1n) is 7.70. The SMILES string of the molecule is N[C@H](CCN1CC2(C1)CN(C(=O)O)C2)CSc1ccccc1. The van der Waals surface area contributed by atoms with Gasteiger partial charge in [0.15, 0.2) is 0 Å². The van der Waals surface area contributed by atoms with E-state index in [4.69, 9.17) is 10.8 Å². The van der Waals surface area contributed by atoms with E-state index in [2.05, 4.69) is 17.0 Å². The molecule has 1 aromatic carbocycles. The van der Waals surface area contributed by atoms with Crippen LogP contribution in [0, 0.1) is 5.41 Å². The fourth-order valence-corrected chi connectivity index (χ4v) is 4.23. The largest absolute Gasteiger partial charge is 0.465 e. The molecule has 2 fully saturated rings. The molecule has 0 unspecified atom stereocenters. The molecule has 0 saturated carbocycles. The number of thioether (sulfide) groups is 1. The molecule has 1 aromatic rings. The normalized spacial score (nSPS) is 21.2. The fraction of sp³-hybridized carbons (Fsp3) is 0.562. The minimum atomic E-state index is -0.788. The van der Waals surface area contributed by atoms with Crippen molar-refractivity contribution in [3.8, 4) is 0 Å². The Labute approximate surface area is 135 Å². The molecule has 0 bridgehead atoms. The van der Waals surface area contributed by atoms with Crippen molar-refractivity contribution >= 4 is 17.9 Å². The van der Waals surface area contributed by atoms with Gasteiger partial charge in [-0.2, -0.15) is 0 Å². The zero-order valence-electron chi connectivity index (χ0n) is 12.6. The molecular weight excluding hydrogens is 298 g/mol. The number of nitrogens with zero attached hydrogens (tertiary/aromatic N) is 2. The van der Waals surface area contributed by atoms with Crippen LogP contribution in [0.5, 0.6) is 0 Å². The van der Waals surface area contributed by atoms with Crippen LogP contribution in [0.25, 0.3) is 0 Å². The van der Waals surface area contributed by atoms with Crippen LogP contribution in [-0.4, -0.2) is 65.5 Å². The third-order valence-corrected chi connectivity index (χ3v) is 5.66. The third kappa shape index (κ3) is 3.56. The van der Waals surface area contributed by atoms with Crippen molar-refractivity contribution in [2.24, 2.45) is 11.1 Å². The summed E-state index contributed by atoms with van der Waals surface area (Å²) in [5.41, 5.74) is 6.44. The number of rotatable bonds is 6. The standard InChI is InChI=1S/C16H23N3O2S/c17-13(8-22-14-4-2-1-3-5-14)6-7-18-9-16(10-18)11-19(12-16)15(20)21/h1-5,13H,6-12,17H2,(H,20,21)/t13-/m1/s1. The molecule has 0 radical (unpaired) electrons. The van der Waals surface area contributed by atoms with E-state index in [1.165, 1.54) is 9.80 Å². The highest BCUT2D eigenvalue weighted by Gasteiger charge is 2.52. The Morgan fingerprint density at radius 3 is 2.59 bits per heavy atom. The van der Waals surface area contributed by atoms with Gasteiger partial charge in [0.05, 0.1) is 0 Å². The number of hydrogen-bond acceptors (Lipinski definition) is 4. The lowest BCUT2D eigenvalue weighted by Gasteiger charge is -2.59. The van der Waals surface area contributed by atoms with Crippen LogP contribution in [0.15, 0.2) is 35.2 Å². The number of likely N-dealkylation sites (tertiary alicyclic amines) is 2. The van der Waals surface area contributed by atoms with Gasteiger partial charge in [-0.3, -0.25) is 0 Å². The van der Waals surface area contributed by atoms with Gasteiger partial charge in [0.2, 0.25) is 0 Å². The van der Waals surface area contributed by atoms with E-state index in [1.54, 1.807) is 0 Å². The van der Waals surface area contributed by atoms with E-state index >= 15 is 0 Å². The molecule has 3 rings (SSSR count). The first kappa shape index (κ1) is 15.6. The first-order valence-corrected chi connectivity index (χ1v) is 8.69. The van der Waals surface area contributed by atoms with E-state index in [0.29, 0.717) is 13.1 Å². The van der Waals surface area contributed by atoms with Crippen molar-refractivity contribution in [2.75, 3.05) is 38.5 Å². The topological polar surface area (TPSA) is 69.8 Å². The molecule has 3 N–H and O–H groups in total. The van der Waals surface area contributed by atoms with Crippen molar-refractivity contribution < 1.29 is 9.90 Å². The van der Waals surface area contributed by atoms with Gasteiger partial charge in [-0.05, 0) is 25.1 Å². The van der Waals surface area contributed by atoms with Crippen molar-refractivity contribution in [1.82, 2.24) is 9.80 Å². The van der Waals surface area contributed by atoms with Crippen molar-refractivity contribution in [2.45, 2.75) is 17.4 Å². The van der Waals surface area contributed by atoms with Gasteiger partial charge >= 0.3 is 6.09 Å². The van der Waals surface area contributed by atoms with Crippen LogP contribution >= 0.6 is 11.8 Å². The molecule has 0 aliphatic carbocycles. The van der Waals surface area contributed by atoms with Crippen LogP contribution in [0.1, 0.15) is 6.42 Å². The second kappa shape index (κ2) is 6.48. The van der Waals surface area contributed by atoms with Crippen LogP contribution in [0.2, 0.25) is 0 Å². The Hall–Kier alpha value is -1.24. The van der Waals surface area contributed by atoms with Gasteiger partial charge in [0, 0.05) is 48.3 Å². The Kier molecular flexibility index (Phi) is 4.61. The molecular formula is C16H23N3O2S. The first-order chi connectivity index (χ1) is 10.6. The molecule has 5 nitrogen and oxygen atoms in total. The average molecular weight is 321 g/mol. The van der Waals surface area contributed by atoms with Crippen LogP contribution in [0.3, 0.4) is 0 Å². The molecule has 2 heterocycles. The smallest absolute Gasteiger partial charge is 0.407 e. The Bertz CT molecular complexity index is 511. The van der Waals surface area contributed by atoms with Crippen molar-refractivity contribution in [3.63, 3.8) is 0 Å². The highest BCUT2D eigenvalue weighted by atomic mass is 32.2. The maximum absolute atomic E-state index is 10.8. The molecule has 120 valence electrons. The van der Waals surface area contributed by atoms with Gasteiger partial charge in [-0.15, -0.1) is 11.8 Å². The van der Waals surface area contributed by atoms with Gasteiger partial charge in [0.1, 0.15) is 0 Å². The summed E-state index contributed by atoms with van der Waals surface area (Å²) in [6.07, 6.45) is 0.211. The molecule has 0 aromatic heterocycles. The lowest BCUT2D eigenvalue weighted by Crippen LogP contribution is -2.72. The van der Waals surface area contributed by atoms with Gasteiger partial charge in [-0.1, -0.05) is 18.2 Å². The predicted molar refractivity (Wildman–Crippen MR) is 88.2 cm³/mol. The number of benzene rings is 1. The van der Waals surface area contributed by atoms with Crippen molar-refractivity contribution in [1.29, 1.82) is 0 Å². The van der Waals surface area contributed by atoms with Gasteiger partial charge in [-0.25, -0.2) is 4.79 Å². The van der Waals surface area contributed by atoms with E-state index < -0.39 is 6.09 Å². The van der Waals surface area contributed by atoms with Crippen LogP contribution in [0.4, 0.5) is 4.79 Å². The molecule has 1 atom stereocenters. The van der Waals surface area contributed by atoms with Crippen LogP contribution in [-0.2, 0) is 0 Å². The molecule has 2 saturated heterocycles. The van der Waals surface area contributed by atoms with Gasteiger partial charge in [0.25, 0.3) is 0 Å². The summed E-state index contributed by atoms with van der Waals surface area (Å²) in [4.78, 5) is 16.0. The summed E-state index contributed by atoms with van der Waals surface area (Å²) in [6, 6.07) is 10.6. The quantitative estimate of drug-likeness (QED) is 0.782.